The Labute approximate surface area is 118 Å². The van der Waals surface area contributed by atoms with Gasteiger partial charge in [-0.2, -0.15) is 5.26 Å². The second-order valence-electron chi connectivity index (χ2n) is 4.77. The highest BCUT2D eigenvalue weighted by Gasteiger charge is 2.46. The molecule has 7 heteroatoms. The number of carboxylic acid groups (broad SMARTS) is 1. The summed E-state index contributed by atoms with van der Waals surface area (Å²) >= 11 is 3.30. The number of fused-ring (bicyclic) bond motifs is 2. The van der Waals surface area contributed by atoms with E-state index in [2.05, 4.69) is 31.9 Å². The minimum atomic E-state index is -0.864. The molecule has 98 valence electrons. The monoisotopic (exact) mass is 322 g/mol. The number of pyridine rings is 1. The number of likely N-dealkylation sites (tertiary alicyclic amines) is 1. The van der Waals surface area contributed by atoms with Crippen molar-refractivity contribution in [1.82, 2.24) is 9.88 Å². The summed E-state index contributed by atoms with van der Waals surface area (Å²) in [6.07, 6.45) is 1.61. The van der Waals surface area contributed by atoms with Crippen molar-refractivity contribution < 1.29 is 9.90 Å². The van der Waals surface area contributed by atoms with E-state index in [1.54, 1.807) is 12.3 Å². The van der Waals surface area contributed by atoms with Crippen LogP contribution in [0.15, 0.2) is 16.7 Å². The average Bonchev–Trinajstić information content (AvgIpc) is 2.98. The third-order valence-electron chi connectivity index (χ3n) is 3.71. The second kappa shape index (κ2) is 4.38. The summed E-state index contributed by atoms with van der Waals surface area (Å²) in [5, 5.41) is 18.2. The molecule has 0 spiro atoms. The first-order chi connectivity index (χ1) is 9.10. The number of nitrogens with zero attached hydrogens (tertiary/aromatic N) is 4. The number of aromatic nitrogens is 1. The quantitative estimate of drug-likeness (QED) is 0.850. The summed E-state index contributed by atoms with van der Waals surface area (Å²) in [6.45, 7) is 1.10. The van der Waals surface area contributed by atoms with E-state index in [-0.39, 0.29) is 12.1 Å². The highest BCUT2D eigenvalue weighted by molar-refractivity contribution is 9.10. The molecule has 2 aliphatic rings. The van der Waals surface area contributed by atoms with Gasteiger partial charge < -0.3 is 14.9 Å². The molecule has 1 unspecified atom stereocenters. The fourth-order valence-electron chi connectivity index (χ4n) is 2.90. The molecule has 6 nitrogen and oxygen atoms in total. The molecule has 2 aliphatic heterocycles. The van der Waals surface area contributed by atoms with E-state index in [0.717, 1.165) is 10.9 Å². The molecule has 0 saturated carbocycles. The van der Waals surface area contributed by atoms with Gasteiger partial charge in [0.15, 0.2) is 0 Å². The molecular formula is C12H11BrN4O2. The van der Waals surface area contributed by atoms with E-state index in [4.69, 9.17) is 5.11 Å². The smallest absolute Gasteiger partial charge is 0.407 e. The van der Waals surface area contributed by atoms with Gasteiger partial charge in [0.05, 0.1) is 17.6 Å². The van der Waals surface area contributed by atoms with Gasteiger partial charge in [-0.25, -0.2) is 9.78 Å². The Hall–Kier alpha value is -1.81. The van der Waals surface area contributed by atoms with Gasteiger partial charge in [-0.1, -0.05) is 0 Å². The van der Waals surface area contributed by atoms with E-state index in [9.17, 15) is 10.1 Å². The molecule has 1 amide bonds. The average molecular weight is 323 g/mol. The summed E-state index contributed by atoms with van der Waals surface area (Å²) in [7, 11) is 0. The Morgan fingerprint density at radius 2 is 2.32 bits per heavy atom. The summed E-state index contributed by atoms with van der Waals surface area (Å²) < 4.78 is 0.768. The number of piperazine rings is 1. The summed E-state index contributed by atoms with van der Waals surface area (Å²) in [5.41, 5.74) is 0.517. The minimum absolute atomic E-state index is 0.0134. The molecule has 3 heterocycles. The van der Waals surface area contributed by atoms with Crippen LogP contribution in [-0.2, 0) is 0 Å². The van der Waals surface area contributed by atoms with Crippen molar-refractivity contribution >= 4 is 27.8 Å². The largest absolute Gasteiger partial charge is 0.465 e. The maximum absolute atomic E-state index is 11.0. The molecule has 3 rings (SSSR count). The van der Waals surface area contributed by atoms with E-state index < -0.39 is 6.09 Å². The van der Waals surface area contributed by atoms with Crippen LogP contribution >= 0.6 is 15.9 Å². The number of anilines is 1. The van der Waals surface area contributed by atoms with Crippen LogP contribution in [0.1, 0.15) is 12.0 Å². The normalized spacial score (nSPS) is 24.6. The van der Waals surface area contributed by atoms with E-state index in [1.807, 2.05) is 0 Å². The summed E-state index contributed by atoms with van der Waals surface area (Å²) in [6, 6.07) is 4.02. The number of carbonyl (C=O) groups is 1. The number of nitriles is 1. The van der Waals surface area contributed by atoms with Crippen molar-refractivity contribution in [2.24, 2.45) is 0 Å². The predicted octanol–water partition coefficient (Wildman–Crippen LogP) is 1.66. The molecule has 2 saturated heterocycles. The molecular weight excluding hydrogens is 312 g/mol. The first-order valence-electron chi connectivity index (χ1n) is 5.92. The minimum Gasteiger partial charge on any atom is -0.465 e. The van der Waals surface area contributed by atoms with Gasteiger partial charge >= 0.3 is 6.09 Å². The first kappa shape index (κ1) is 12.2. The van der Waals surface area contributed by atoms with Crippen molar-refractivity contribution in [2.45, 2.75) is 18.5 Å². The number of hydrogen-bond donors (Lipinski definition) is 1. The molecule has 1 aromatic rings. The van der Waals surface area contributed by atoms with Crippen molar-refractivity contribution in [1.29, 1.82) is 5.26 Å². The van der Waals surface area contributed by atoms with Gasteiger partial charge in [0, 0.05) is 23.8 Å². The van der Waals surface area contributed by atoms with Crippen LogP contribution < -0.4 is 4.90 Å². The lowest BCUT2D eigenvalue weighted by Gasteiger charge is -2.33. The van der Waals surface area contributed by atoms with Crippen molar-refractivity contribution in [3.8, 4) is 6.07 Å². The van der Waals surface area contributed by atoms with E-state index in [0.29, 0.717) is 24.5 Å². The van der Waals surface area contributed by atoms with Gasteiger partial charge in [-0.15, -0.1) is 0 Å². The number of halogens is 1. The van der Waals surface area contributed by atoms with Crippen molar-refractivity contribution in [2.75, 3.05) is 18.0 Å². The molecule has 1 aromatic heterocycles. The van der Waals surface area contributed by atoms with Gasteiger partial charge in [0.1, 0.15) is 11.9 Å². The zero-order valence-electron chi connectivity index (χ0n) is 9.95. The summed E-state index contributed by atoms with van der Waals surface area (Å²) in [5.74, 6) is 0.656. The standard InChI is InChI=1S/C12H11BrN4O2/c13-8-1-7(3-14)11(15-4-8)16-5-10-2-9(16)6-17(10)12(18)19/h1,4,9-10H,2,5-6H2,(H,18,19)/t9?,10-/m1/s1. The first-order valence-corrected chi connectivity index (χ1v) is 6.71. The van der Waals surface area contributed by atoms with Crippen LogP contribution in [0.3, 0.4) is 0 Å². The van der Waals surface area contributed by atoms with Crippen LogP contribution in [-0.4, -0.2) is 46.3 Å². The Bertz CT molecular complexity index is 586. The maximum atomic E-state index is 11.0. The highest BCUT2D eigenvalue weighted by atomic mass is 79.9. The fraction of sp³-hybridized carbons (Fsp3) is 0.417. The maximum Gasteiger partial charge on any atom is 0.407 e. The fourth-order valence-corrected chi connectivity index (χ4v) is 3.24. The molecule has 2 atom stereocenters. The van der Waals surface area contributed by atoms with Crippen LogP contribution in [0.4, 0.5) is 10.6 Å². The van der Waals surface area contributed by atoms with Crippen LogP contribution in [0.5, 0.6) is 0 Å². The lowest BCUT2D eigenvalue weighted by Crippen LogP contribution is -2.48. The van der Waals surface area contributed by atoms with Gasteiger partial charge in [0.2, 0.25) is 0 Å². The van der Waals surface area contributed by atoms with Crippen LogP contribution in [0.2, 0.25) is 0 Å². The SMILES string of the molecule is N#Cc1cc(Br)cnc1N1C[C@H]2CC1CN2C(=O)O. The molecule has 2 fully saturated rings. The van der Waals surface area contributed by atoms with Gasteiger partial charge in [0.25, 0.3) is 0 Å². The Balaban J connectivity index is 1.88. The van der Waals surface area contributed by atoms with Crippen molar-refractivity contribution in [3.63, 3.8) is 0 Å². The van der Waals surface area contributed by atoms with Gasteiger partial charge in [-0.05, 0) is 28.4 Å². The Morgan fingerprint density at radius 1 is 1.53 bits per heavy atom. The Kier molecular flexibility index (Phi) is 2.82. The second-order valence-corrected chi connectivity index (χ2v) is 5.68. The molecule has 0 aliphatic carbocycles. The summed E-state index contributed by atoms with van der Waals surface area (Å²) in [4.78, 5) is 18.9. The Morgan fingerprint density at radius 3 is 2.89 bits per heavy atom. The molecule has 19 heavy (non-hydrogen) atoms. The zero-order chi connectivity index (χ0) is 13.6. The van der Waals surface area contributed by atoms with E-state index in [1.165, 1.54) is 4.90 Å². The highest BCUT2D eigenvalue weighted by Crippen LogP contribution is 2.35. The molecule has 1 N–H and O–H groups in total. The topological polar surface area (TPSA) is 80.5 Å². The van der Waals surface area contributed by atoms with Gasteiger partial charge in [-0.3, -0.25) is 0 Å². The van der Waals surface area contributed by atoms with Crippen molar-refractivity contribution in [3.05, 3.63) is 22.3 Å². The predicted molar refractivity (Wildman–Crippen MR) is 70.9 cm³/mol. The lowest BCUT2D eigenvalue weighted by atomic mass is 10.2. The third-order valence-corrected chi connectivity index (χ3v) is 4.15. The number of amides is 1. The third kappa shape index (κ3) is 1.92. The lowest BCUT2D eigenvalue weighted by molar-refractivity contribution is 0.137. The molecule has 0 aromatic carbocycles. The number of hydrogen-bond acceptors (Lipinski definition) is 4. The molecule has 2 bridgehead atoms. The van der Waals surface area contributed by atoms with Crippen LogP contribution in [0, 0.1) is 11.3 Å². The van der Waals surface area contributed by atoms with Crippen LogP contribution in [0.25, 0.3) is 0 Å². The van der Waals surface area contributed by atoms with E-state index >= 15 is 0 Å². The zero-order valence-corrected chi connectivity index (χ0v) is 11.5. The molecule has 0 radical (unpaired) electrons. The number of rotatable bonds is 1.